The number of carbonyl (C=O) groups is 4. The van der Waals surface area contributed by atoms with Gasteiger partial charge in [-0.3, -0.25) is 19.2 Å². The minimum Gasteiger partial charge on any atom is -0.481 e. The third-order valence-electron chi connectivity index (χ3n) is 2.11. The van der Waals surface area contributed by atoms with Gasteiger partial charge in [0.15, 0.2) is 5.92 Å². The molecule has 0 aromatic heterocycles. The van der Waals surface area contributed by atoms with Gasteiger partial charge < -0.3 is 38.0 Å². The number of likely N-dealkylation sites (N-methyl/N-ethyl adjacent to an activating group) is 1. The monoisotopic (exact) mass is 339 g/mol. The van der Waals surface area contributed by atoms with Crippen molar-refractivity contribution in [1.29, 1.82) is 0 Å². The van der Waals surface area contributed by atoms with Crippen molar-refractivity contribution >= 4 is 23.9 Å². The summed E-state index contributed by atoms with van der Waals surface area (Å²) in [6.45, 7) is 0. The van der Waals surface area contributed by atoms with Crippen LogP contribution in [0, 0.1) is 11.8 Å². The summed E-state index contributed by atoms with van der Waals surface area (Å²) >= 11 is 0. The molecule has 12 heteroatoms. The van der Waals surface area contributed by atoms with E-state index in [4.69, 9.17) is 20.4 Å². The second kappa shape index (κ2) is 11.1. The van der Waals surface area contributed by atoms with E-state index in [-0.39, 0.29) is 29.4 Å². The van der Waals surface area contributed by atoms with Crippen LogP contribution < -0.4 is 17.6 Å². The molecule has 0 bridgehead atoms. The second-order valence-electron chi connectivity index (χ2n) is 3.12. The van der Waals surface area contributed by atoms with E-state index < -0.39 is 41.8 Å². The first-order valence-electron chi connectivity index (χ1n) is 4.32. The number of hydrogen-bond donors (Lipinski definition) is 7. The molecule has 2 unspecified atom stereocenters. The van der Waals surface area contributed by atoms with Gasteiger partial charge in [-0.05, 0) is 7.05 Å². The van der Waals surface area contributed by atoms with E-state index >= 15 is 0 Å². The van der Waals surface area contributed by atoms with Gasteiger partial charge in [0.2, 0.25) is 0 Å². The summed E-state index contributed by atoms with van der Waals surface area (Å²) < 4.78 is 0. The first-order valence-corrected chi connectivity index (χ1v) is 4.32. The summed E-state index contributed by atoms with van der Waals surface area (Å²) in [6.07, 6.45) is 0. The van der Waals surface area contributed by atoms with E-state index in [0.717, 1.165) is 7.05 Å². The maximum atomic E-state index is 10.8. The minimum atomic E-state index is -2.35. The van der Waals surface area contributed by atoms with E-state index in [1.165, 1.54) is 0 Å². The average Bonchev–Trinajstić information content (AvgIpc) is 2.15. The van der Waals surface area contributed by atoms with Crippen LogP contribution >= 0.6 is 0 Å². The molecule has 0 aliphatic carbocycles. The molecular formula is C8H17FeN3O8. The van der Waals surface area contributed by atoms with Crippen LogP contribution in [0.1, 0.15) is 0 Å². The van der Waals surface area contributed by atoms with Gasteiger partial charge in [-0.15, -0.1) is 0 Å². The van der Waals surface area contributed by atoms with Crippen molar-refractivity contribution in [3.8, 4) is 0 Å². The summed E-state index contributed by atoms with van der Waals surface area (Å²) in [4.78, 5) is 42.9. The summed E-state index contributed by atoms with van der Waals surface area (Å²) in [5.74, 6) is -11.7. The molecule has 0 amide bonds. The zero-order valence-corrected chi connectivity index (χ0v) is 11.5. The Kier molecular flexibility index (Phi) is 14.9. The summed E-state index contributed by atoms with van der Waals surface area (Å²) in [6, 6.07) is -1.82. The largest absolute Gasteiger partial charge is 0.481 e. The Bertz CT molecular complexity index is 350. The van der Waals surface area contributed by atoms with Crippen LogP contribution in [0.25, 0.3) is 0 Å². The van der Waals surface area contributed by atoms with Crippen molar-refractivity contribution in [3.05, 3.63) is 0 Å². The van der Waals surface area contributed by atoms with E-state index in [0.29, 0.717) is 0 Å². The van der Waals surface area contributed by atoms with E-state index in [9.17, 15) is 19.2 Å². The zero-order valence-electron chi connectivity index (χ0n) is 10.4. The molecular weight excluding hydrogens is 322 g/mol. The molecule has 0 aromatic carbocycles. The standard InChI is InChI=1S/C8H11NO8.Fe.2H3N/c1-9-4(8(16)17)2(5(10)11)3(6(12)13)7(14)15;;;/h2-4,9H,1H3,(H,10,11)(H,12,13)(H,14,15)(H,16,17);;2*1H3. The molecule has 0 spiro atoms. The van der Waals surface area contributed by atoms with Crippen molar-refractivity contribution in [2.75, 3.05) is 7.05 Å². The first-order chi connectivity index (χ1) is 7.73. The summed E-state index contributed by atoms with van der Waals surface area (Å²) in [7, 11) is 1.09. The third-order valence-corrected chi connectivity index (χ3v) is 2.11. The Hall–Kier alpha value is -1.72. The number of hydrogen-bond acceptors (Lipinski definition) is 7. The van der Waals surface area contributed by atoms with Crippen LogP contribution in [0.5, 0.6) is 0 Å². The molecule has 20 heavy (non-hydrogen) atoms. The fourth-order valence-corrected chi connectivity index (χ4v) is 1.35. The van der Waals surface area contributed by atoms with E-state index in [1.54, 1.807) is 0 Å². The molecule has 11 N–H and O–H groups in total. The van der Waals surface area contributed by atoms with Crippen molar-refractivity contribution in [3.63, 3.8) is 0 Å². The van der Waals surface area contributed by atoms with Crippen molar-refractivity contribution in [2.24, 2.45) is 11.8 Å². The molecule has 0 rings (SSSR count). The van der Waals surface area contributed by atoms with Crippen LogP contribution in [0.3, 0.4) is 0 Å². The molecule has 2 atom stereocenters. The van der Waals surface area contributed by atoms with Crippen molar-refractivity contribution < 1.29 is 56.7 Å². The molecule has 0 aliphatic heterocycles. The fraction of sp³-hybridized carbons (Fsp3) is 0.500. The van der Waals surface area contributed by atoms with Crippen LogP contribution in [0.4, 0.5) is 0 Å². The molecule has 0 saturated carbocycles. The topological polar surface area (TPSA) is 231 Å². The molecule has 0 radical (unpaired) electrons. The third kappa shape index (κ3) is 6.45. The maximum absolute atomic E-state index is 10.8. The smallest absolute Gasteiger partial charge is 0.321 e. The van der Waals surface area contributed by atoms with Crippen LogP contribution in [0.2, 0.25) is 0 Å². The number of aliphatic carboxylic acids is 4. The predicted octanol–water partition coefficient (Wildman–Crippen LogP) is -1.53. The zero-order chi connectivity index (χ0) is 13.7. The Morgan fingerprint density at radius 3 is 1.30 bits per heavy atom. The van der Waals surface area contributed by atoms with Gasteiger partial charge in [0.25, 0.3) is 0 Å². The molecule has 0 aliphatic rings. The Morgan fingerprint density at radius 2 is 1.15 bits per heavy atom. The quantitative estimate of drug-likeness (QED) is 0.207. The van der Waals surface area contributed by atoms with Gasteiger partial charge in [-0.1, -0.05) is 0 Å². The number of carboxylic acids is 4. The molecule has 0 heterocycles. The number of rotatable bonds is 7. The molecule has 0 fully saturated rings. The van der Waals surface area contributed by atoms with Gasteiger partial charge >= 0.3 is 23.9 Å². The molecule has 0 aromatic rings. The average molecular weight is 339 g/mol. The Balaban J connectivity index is -0.000000427. The predicted molar refractivity (Wildman–Crippen MR) is 60.4 cm³/mol. The van der Waals surface area contributed by atoms with Gasteiger partial charge in [0.1, 0.15) is 12.0 Å². The molecule has 11 nitrogen and oxygen atoms in total. The van der Waals surface area contributed by atoms with Crippen molar-refractivity contribution in [2.45, 2.75) is 6.04 Å². The number of nitrogens with one attached hydrogen (secondary N) is 1. The van der Waals surface area contributed by atoms with Gasteiger partial charge in [0, 0.05) is 17.1 Å². The van der Waals surface area contributed by atoms with Crippen LogP contribution in [0.15, 0.2) is 0 Å². The Labute approximate surface area is 124 Å². The van der Waals surface area contributed by atoms with E-state index in [1.807, 2.05) is 0 Å². The maximum Gasteiger partial charge on any atom is 0.321 e. The van der Waals surface area contributed by atoms with Gasteiger partial charge in [-0.25, -0.2) is 0 Å². The van der Waals surface area contributed by atoms with Crippen LogP contribution in [-0.4, -0.2) is 57.4 Å². The van der Waals surface area contributed by atoms with Crippen molar-refractivity contribution in [1.82, 2.24) is 17.6 Å². The summed E-state index contributed by atoms with van der Waals surface area (Å²) in [5.41, 5.74) is 0. The Morgan fingerprint density at radius 1 is 0.800 bits per heavy atom. The minimum absolute atomic E-state index is 0. The second-order valence-corrected chi connectivity index (χ2v) is 3.12. The first kappa shape index (κ1) is 26.8. The molecule has 120 valence electrons. The summed E-state index contributed by atoms with van der Waals surface area (Å²) in [5, 5.41) is 36.8. The molecule has 0 saturated heterocycles. The van der Waals surface area contributed by atoms with Gasteiger partial charge in [0.05, 0.1) is 0 Å². The fourth-order valence-electron chi connectivity index (χ4n) is 1.35. The van der Waals surface area contributed by atoms with Gasteiger partial charge in [-0.2, -0.15) is 0 Å². The SMILES string of the molecule is CNC(C(=O)O)C(C(=O)O)C(C(=O)O)C(=O)O.N.N.[Fe]. The number of carboxylic acid groups (broad SMARTS) is 4. The van der Waals surface area contributed by atoms with E-state index in [2.05, 4.69) is 5.32 Å². The van der Waals surface area contributed by atoms with Crippen LogP contribution in [-0.2, 0) is 36.2 Å². The normalized spacial score (nSPS) is 11.9.